The summed E-state index contributed by atoms with van der Waals surface area (Å²) in [6.07, 6.45) is 2.36. The second kappa shape index (κ2) is 4.99. The van der Waals surface area contributed by atoms with Crippen molar-refractivity contribution in [2.24, 2.45) is 0 Å². The van der Waals surface area contributed by atoms with Gasteiger partial charge in [-0.2, -0.15) is 0 Å². The fraction of sp³-hybridized carbons (Fsp3) is 0.500. The smallest absolute Gasteiger partial charge is 0.0667 e. The van der Waals surface area contributed by atoms with Crippen LogP contribution in [0.1, 0.15) is 18.4 Å². The second-order valence-corrected chi connectivity index (χ2v) is 4.93. The van der Waals surface area contributed by atoms with E-state index < -0.39 is 0 Å². The van der Waals surface area contributed by atoms with Gasteiger partial charge in [0.25, 0.3) is 0 Å². The summed E-state index contributed by atoms with van der Waals surface area (Å²) in [6, 6.07) is 6.79. The largest absolute Gasteiger partial charge is 0.380 e. The summed E-state index contributed by atoms with van der Waals surface area (Å²) in [4.78, 5) is 0. The lowest BCUT2D eigenvalue weighted by atomic mass is 10.1. The third kappa shape index (κ3) is 2.95. The van der Waals surface area contributed by atoms with Crippen LogP contribution in [0.3, 0.4) is 0 Å². The van der Waals surface area contributed by atoms with Gasteiger partial charge in [-0.25, -0.2) is 0 Å². The number of nitrogens with one attached hydrogen (secondary N) is 1. The van der Waals surface area contributed by atoms with E-state index in [1.807, 2.05) is 0 Å². The SMILES string of the molecule is Cc1cc(Br)ccc1NC1CCCOC1. The average Bonchev–Trinajstić information content (AvgIpc) is 2.24. The number of ether oxygens (including phenoxy) is 1. The van der Waals surface area contributed by atoms with Gasteiger partial charge in [0.05, 0.1) is 6.61 Å². The molecule has 82 valence electrons. The van der Waals surface area contributed by atoms with Crippen molar-refractivity contribution in [1.82, 2.24) is 0 Å². The molecule has 15 heavy (non-hydrogen) atoms. The minimum Gasteiger partial charge on any atom is -0.380 e. The van der Waals surface area contributed by atoms with Crippen LogP contribution >= 0.6 is 15.9 Å². The Kier molecular flexibility index (Phi) is 3.65. The summed E-state index contributed by atoms with van der Waals surface area (Å²) in [5.74, 6) is 0. The Bertz CT molecular complexity index is 334. The summed E-state index contributed by atoms with van der Waals surface area (Å²) < 4.78 is 6.58. The van der Waals surface area contributed by atoms with Crippen LogP contribution in [0.25, 0.3) is 0 Å². The van der Waals surface area contributed by atoms with E-state index in [0.29, 0.717) is 6.04 Å². The molecule has 1 aromatic carbocycles. The lowest BCUT2D eigenvalue weighted by Crippen LogP contribution is -2.30. The molecule has 1 heterocycles. The van der Waals surface area contributed by atoms with Gasteiger partial charge < -0.3 is 10.1 Å². The summed E-state index contributed by atoms with van der Waals surface area (Å²) in [7, 11) is 0. The Morgan fingerprint density at radius 1 is 1.47 bits per heavy atom. The lowest BCUT2D eigenvalue weighted by molar-refractivity contribution is 0.0876. The van der Waals surface area contributed by atoms with E-state index in [2.05, 4.69) is 46.4 Å². The minimum atomic E-state index is 0.471. The molecule has 1 fully saturated rings. The molecule has 0 spiro atoms. The topological polar surface area (TPSA) is 21.3 Å². The third-order valence-corrected chi connectivity index (χ3v) is 3.20. The van der Waals surface area contributed by atoms with Gasteiger partial charge in [0.15, 0.2) is 0 Å². The highest BCUT2D eigenvalue weighted by Gasteiger charge is 2.13. The molecule has 2 rings (SSSR count). The summed E-state index contributed by atoms with van der Waals surface area (Å²) >= 11 is 3.47. The normalized spacial score (nSPS) is 21.3. The minimum absolute atomic E-state index is 0.471. The molecule has 0 aromatic heterocycles. The van der Waals surface area contributed by atoms with Crippen LogP contribution in [0.5, 0.6) is 0 Å². The van der Waals surface area contributed by atoms with Crippen LogP contribution in [0.4, 0.5) is 5.69 Å². The van der Waals surface area contributed by atoms with Crippen LogP contribution in [0.15, 0.2) is 22.7 Å². The average molecular weight is 270 g/mol. The van der Waals surface area contributed by atoms with Gasteiger partial charge >= 0.3 is 0 Å². The number of hydrogen-bond acceptors (Lipinski definition) is 2. The Labute approximate surface area is 99.1 Å². The molecule has 0 radical (unpaired) electrons. The zero-order valence-electron chi connectivity index (χ0n) is 8.92. The molecular formula is C12H16BrNO. The maximum atomic E-state index is 5.45. The molecular weight excluding hydrogens is 254 g/mol. The summed E-state index contributed by atoms with van der Waals surface area (Å²) in [6.45, 7) is 3.86. The maximum Gasteiger partial charge on any atom is 0.0667 e. The summed E-state index contributed by atoms with van der Waals surface area (Å²) in [5.41, 5.74) is 2.49. The van der Waals surface area contributed by atoms with Gasteiger partial charge in [0.1, 0.15) is 0 Å². The van der Waals surface area contributed by atoms with Gasteiger partial charge in [-0.3, -0.25) is 0 Å². The molecule has 1 aromatic rings. The number of anilines is 1. The van der Waals surface area contributed by atoms with Crippen LogP contribution < -0.4 is 5.32 Å². The van der Waals surface area contributed by atoms with E-state index in [-0.39, 0.29) is 0 Å². The molecule has 1 N–H and O–H groups in total. The van der Waals surface area contributed by atoms with Crippen LogP contribution in [-0.4, -0.2) is 19.3 Å². The first-order valence-corrected chi connectivity index (χ1v) is 6.15. The van der Waals surface area contributed by atoms with Gasteiger partial charge in [-0.15, -0.1) is 0 Å². The predicted octanol–water partition coefficient (Wildman–Crippen LogP) is 3.35. The molecule has 0 saturated carbocycles. The van der Waals surface area contributed by atoms with E-state index in [4.69, 9.17) is 4.74 Å². The van der Waals surface area contributed by atoms with Gasteiger partial charge in [-0.1, -0.05) is 15.9 Å². The van der Waals surface area contributed by atoms with E-state index in [1.165, 1.54) is 17.7 Å². The monoisotopic (exact) mass is 269 g/mol. The standard InChI is InChI=1S/C12H16BrNO/c1-9-7-10(13)4-5-12(9)14-11-3-2-6-15-8-11/h4-5,7,11,14H,2-3,6,8H2,1H3. The maximum absolute atomic E-state index is 5.45. The van der Waals surface area contributed by atoms with Crippen molar-refractivity contribution in [1.29, 1.82) is 0 Å². The first kappa shape index (κ1) is 11.0. The van der Waals surface area contributed by atoms with Crippen LogP contribution in [0, 0.1) is 6.92 Å². The van der Waals surface area contributed by atoms with Crippen LogP contribution in [0.2, 0.25) is 0 Å². The molecule has 0 amide bonds. The van der Waals surface area contributed by atoms with Gasteiger partial charge in [0, 0.05) is 22.8 Å². The lowest BCUT2D eigenvalue weighted by Gasteiger charge is -2.25. The molecule has 3 heteroatoms. The van der Waals surface area contributed by atoms with Crippen molar-refractivity contribution in [3.05, 3.63) is 28.2 Å². The summed E-state index contributed by atoms with van der Waals surface area (Å²) in [5, 5.41) is 3.53. The molecule has 1 atom stereocenters. The number of rotatable bonds is 2. The molecule has 0 aliphatic carbocycles. The van der Waals surface area contributed by atoms with Crippen molar-refractivity contribution in [3.8, 4) is 0 Å². The van der Waals surface area contributed by atoms with E-state index in [9.17, 15) is 0 Å². The van der Waals surface area contributed by atoms with Crippen molar-refractivity contribution in [2.45, 2.75) is 25.8 Å². The van der Waals surface area contributed by atoms with Crippen molar-refractivity contribution in [3.63, 3.8) is 0 Å². The zero-order valence-corrected chi connectivity index (χ0v) is 10.5. The molecule has 2 nitrogen and oxygen atoms in total. The Balaban J connectivity index is 2.03. The zero-order chi connectivity index (χ0) is 10.7. The fourth-order valence-corrected chi connectivity index (χ4v) is 2.34. The molecule has 0 bridgehead atoms. The Morgan fingerprint density at radius 3 is 3.00 bits per heavy atom. The number of benzene rings is 1. The molecule has 1 aliphatic rings. The first-order valence-electron chi connectivity index (χ1n) is 5.36. The fourth-order valence-electron chi connectivity index (χ4n) is 1.86. The van der Waals surface area contributed by atoms with Gasteiger partial charge in [-0.05, 0) is 43.5 Å². The van der Waals surface area contributed by atoms with Crippen LogP contribution in [-0.2, 0) is 4.74 Å². The first-order chi connectivity index (χ1) is 7.25. The van der Waals surface area contributed by atoms with Gasteiger partial charge in [0.2, 0.25) is 0 Å². The highest BCUT2D eigenvalue weighted by molar-refractivity contribution is 9.10. The number of hydrogen-bond donors (Lipinski definition) is 1. The molecule has 1 unspecified atom stereocenters. The molecule has 1 saturated heterocycles. The van der Waals surface area contributed by atoms with E-state index in [1.54, 1.807) is 0 Å². The number of halogens is 1. The Hall–Kier alpha value is -0.540. The van der Waals surface area contributed by atoms with E-state index in [0.717, 1.165) is 24.1 Å². The second-order valence-electron chi connectivity index (χ2n) is 4.02. The van der Waals surface area contributed by atoms with Crippen molar-refractivity contribution in [2.75, 3.05) is 18.5 Å². The highest BCUT2D eigenvalue weighted by Crippen LogP contribution is 2.22. The van der Waals surface area contributed by atoms with Crippen molar-refractivity contribution < 1.29 is 4.74 Å². The predicted molar refractivity (Wildman–Crippen MR) is 66.3 cm³/mol. The van der Waals surface area contributed by atoms with E-state index >= 15 is 0 Å². The molecule has 1 aliphatic heterocycles. The highest BCUT2D eigenvalue weighted by atomic mass is 79.9. The quantitative estimate of drug-likeness (QED) is 0.889. The third-order valence-electron chi connectivity index (χ3n) is 2.71. The van der Waals surface area contributed by atoms with Crippen molar-refractivity contribution >= 4 is 21.6 Å². The number of aryl methyl sites for hydroxylation is 1. The Morgan fingerprint density at radius 2 is 2.33 bits per heavy atom.